The molecule has 0 unspecified atom stereocenters. The number of nitrogens with zero attached hydrogens (tertiary/aromatic N) is 2. The lowest BCUT2D eigenvalue weighted by Crippen LogP contribution is -1.97. The molecule has 0 aliphatic rings. The van der Waals surface area contributed by atoms with E-state index in [1.807, 2.05) is 0 Å². The van der Waals surface area contributed by atoms with Crippen LogP contribution in [0.15, 0.2) is 47.9 Å². The molecule has 0 heterocycles. The minimum absolute atomic E-state index is 0.0837. The van der Waals surface area contributed by atoms with Crippen molar-refractivity contribution in [2.45, 2.75) is 0 Å². The van der Waals surface area contributed by atoms with Crippen molar-refractivity contribution in [1.82, 2.24) is 0 Å². The third-order valence-corrected chi connectivity index (χ3v) is 2.66. The highest BCUT2D eigenvalue weighted by Crippen LogP contribution is 2.06. The second-order valence-electron chi connectivity index (χ2n) is 2.94. The molecule has 0 aromatic carbocycles. The third-order valence-electron chi connectivity index (χ3n) is 1.53. The average molecular weight is 252 g/mol. The topological polar surface area (TPSA) is 87.6 Å². The molecule has 0 bridgehead atoms. The van der Waals surface area contributed by atoms with Gasteiger partial charge >= 0.3 is 6.21 Å². The zero-order valence-electron chi connectivity index (χ0n) is 9.28. The van der Waals surface area contributed by atoms with Gasteiger partial charge in [0.05, 0.1) is 4.91 Å². The van der Waals surface area contributed by atoms with E-state index in [4.69, 9.17) is 5.53 Å². The van der Waals surface area contributed by atoms with Gasteiger partial charge in [0.15, 0.2) is 9.84 Å². The number of carbonyl (C=O) groups is 1. The van der Waals surface area contributed by atoms with E-state index in [1.54, 1.807) is 0 Å². The van der Waals surface area contributed by atoms with Gasteiger partial charge in [-0.25, -0.2) is 8.42 Å². The quantitative estimate of drug-likeness (QED) is 0.233. The Morgan fingerprint density at radius 2 is 1.88 bits per heavy atom. The summed E-state index contributed by atoms with van der Waals surface area (Å²) < 4.78 is 22.5. The van der Waals surface area contributed by atoms with E-state index in [1.165, 1.54) is 30.4 Å². The Balaban J connectivity index is 4.83. The van der Waals surface area contributed by atoms with Crippen LogP contribution in [0.2, 0.25) is 0 Å². The van der Waals surface area contributed by atoms with Crippen molar-refractivity contribution in [2.24, 2.45) is 0 Å². The Kier molecular flexibility index (Phi) is 6.40. The molecule has 0 fully saturated rings. The summed E-state index contributed by atoms with van der Waals surface area (Å²) in [5.41, 5.74) is 8.06. The minimum atomic E-state index is -3.32. The molecule has 17 heavy (non-hydrogen) atoms. The predicted octanol–water partition coefficient (Wildman–Crippen LogP) is 1.08. The molecule has 0 amide bonds. The number of rotatable bonds is 6. The van der Waals surface area contributed by atoms with Crippen LogP contribution in [0, 0.1) is 0 Å². The van der Waals surface area contributed by atoms with Crippen LogP contribution in [0.1, 0.15) is 0 Å². The standard InChI is InChI=1S/C11H12N2O3S/c1-3-6-11(17(2,15)16)8-5-4-7-10(14)9-13-12/h3-9H,1H2,2H3/b7-4+,8-5-,11-6-. The van der Waals surface area contributed by atoms with Crippen molar-refractivity contribution < 1.29 is 18.0 Å². The summed E-state index contributed by atoms with van der Waals surface area (Å²) >= 11 is 0. The van der Waals surface area contributed by atoms with Gasteiger partial charge in [-0.2, -0.15) is 4.79 Å². The van der Waals surface area contributed by atoms with Crippen LogP contribution in [-0.4, -0.2) is 31.5 Å². The Bertz CT molecular complexity index is 533. The Hall–Kier alpha value is -2.04. The van der Waals surface area contributed by atoms with Crippen LogP contribution in [0.25, 0.3) is 5.53 Å². The molecule has 0 rings (SSSR count). The first-order valence-electron chi connectivity index (χ1n) is 4.50. The van der Waals surface area contributed by atoms with Gasteiger partial charge in [-0.05, 0) is 18.2 Å². The molecule has 90 valence electrons. The molecule has 0 aliphatic carbocycles. The van der Waals surface area contributed by atoms with Gasteiger partial charge < -0.3 is 5.53 Å². The van der Waals surface area contributed by atoms with Crippen molar-refractivity contribution in [3.05, 3.63) is 53.5 Å². The van der Waals surface area contributed by atoms with Crippen molar-refractivity contribution in [2.75, 3.05) is 6.26 Å². The lowest BCUT2D eigenvalue weighted by molar-refractivity contribution is -0.111. The second-order valence-corrected chi connectivity index (χ2v) is 4.96. The SMILES string of the molecule is C=C/C=C(/C=C\C=C\C(=O)C=[N+]=[N-])S(C)(=O)=O. The van der Waals surface area contributed by atoms with Gasteiger partial charge in [0.1, 0.15) is 0 Å². The fourth-order valence-corrected chi connectivity index (χ4v) is 1.49. The number of ketones is 1. The lowest BCUT2D eigenvalue weighted by Gasteiger charge is -1.95. The maximum absolute atomic E-state index is 11.2. The summed E-state index contributed by atoms with van der Waals surface area (Å²) in [5, 5.41) is 0. The molecule has 0 radical (unpaired) electrons. The molecule has 0 spiro atoms. The minimum Gasteiger partial charge on any atom is -0.361 e. The first kappa shape index (κ1) is 15.0. The van der Waals surface area contributed by atoms with Gasteiger partial charge in [-0.15, -0.1) is 0 Å². The fourth-order valence-electron chi connectivity index (χ4n) is 0.820. The predicted molar refractivity (Wildman–Crippen MR) is 66.1 cm³/mol. The molecular formula is C11H12N2O3S. The van der Waals surface area contributed by atoms with E-state index in [0.717, 1.165) is 18.5 Å². The van der Waals surface area contributed by atoms with Crippen LogP contribution in [0.5, 0.6) is 0 Å². The van der Waals surface area contributed by atoms with Crippen molar-refractivity contribution in [3.8, 4) is 0 Å². The highest BCUT2D eigenvalue weighted by molar-refractivity contribution is 7.94. The molecule has 0 aromatic heterocycles. The van der Waals surface area contributed by atoms with Gasteiger partial charge in [0.25, 0.3) is 5.78 Å². The van der Waals surface area contributed by atoms with E-state index in [9.17, 15) is 13.2 Å². The molecule has 0 saturated carbocycles. The van der Waals surface area contributed by atoms with E-state index in [-0.39, 0.29) is 4.91 Å². The van der Waals surface area contributed by atoms with Gasteiger partial charge in [0, 0.05) is 6.26 Å². The summed E-state index contributed by atoms with van der Waals surface area (Å²) in [6.07, 6.45) is 9.68. The van der Waals surface area contributed by atoms with E-state index >= 15 is 0 Å². The number of carbonyl (C=O) groups excluding carboxylic acids is 1. The Labute approximate surface area is 100.0 Å². The highest BCUT2D eigenvalue weighted by Gasteiger charge is 2.05. The fraction of sp³-hybridized carbons (Fsp3) is 0.0909. The summed E-state index contributed by atoms with van der Waals surface area (Å²) in [7, 11) is -3.32. The molecule has 6 heteroatoms. The monoisotopic (exact) mass is 252 g/mol. The van der Waals surface area contributed by atoms with Gasteiger partial charge in [-0.1, -0.05) is 24.8 Å². The zero-order chi connectivity index (χ0) is 13.3. The maximum atomic E-state index is 11.2. The smallest absolute Gasteiger partial charge is 0.327 e. The lowest BCUT2D eigenvalue weighted by atomic mass is 10.3. The van der Waals surface area contributed by atoms with Crippen molar-refractivity contribution in [1.29, 1.82) is 0 Å². The second kappa shape index (κ2) is 7.27. The number of allylic oxidation sites excluding steroid dienone is 6. The zero-order valence-corrected chi connectivity index (χ0v) is 10.1. The maximum Gasteiger partial charge on any atom is 0.327 e. The Morgan fingerprint density at radius 1 is 1.29 bits per heavy atom. The molecule has 0 aliphatic heterocycles. The van der Waals surface area contributed by atoms with Gasteiger partial charge in [0.2, 0.25) is 0 Å². The number of hydrogen-bond donors (Lipinski definition) is 0. The largest absolute Gasteiger partial charge is 0.361 e. The summed E-state index contributed by atoms with van der Waals surface area (Å²) in [6.45, 7) is 3.40. The van der Waals surface area contributed by atoms with Crippen LogP contribution in [0.4, 0.5) is 0 Å². The van der Waals surface area contributed by atoms with Gasteiger partial charge in [-0.3, -0.25) is 4.79 Å². The van der Waals surface area contributed by atoms with E-state index in [0.29, 0.717) is 0 Å². The number of hydrogen-bond acceptors (Lipinski definition) is 3. The third kappa shape index (κ3) is 6.94. The molecular weight excluding hydrogens is 240 g/mol. The summed E-state index contributed by atoms with van der Waals surface area (Å²) in [4.78, 5) is 13.5. The molecule has 0 N–H and O–H groups in total. The average Bonchev–Trinajstić information content (AvgIpc) is 2.21. The number of sulfone groups is 1. The molecule has 0 saturated heterocycles. The molecule has 0 atom stereocenters. The van der Waals surface area contributed by atoms with Crippen molar-refractivity contribution in [3.63, 3.8) is 0 Å². The van der Waals surface area contributed by atoms with E-state index in [2.05, 4.69) is 11.4 Å². The Morgan fingerprint density at radius 3 is 2.35 bits per heavy atom. The summed E-state index contributed by atoms with van der Waals surface area (Å²) in [5.74, 6) is -0.509. The normalized spacial score (nSPS) is 12.6. The molecule has 5 nitrogen and oxygen atoms in total. The van der Waals surface area contributed by atoms with Crippen LogP contribution < -0.4 is 0 Å². The summed E-state index contributed by atoms with van der Waals surface area (Å²) in [6, 6.07) is 0. The first-order chi connectivity index (χ1) is 7.91. The van der Waals surface area contributed by atoms with Crippen molar-refractivity contribution >= 4 is 21.8 Å². The first-order valence-corrected chi connectivity index (χ1v) is 6.40. The van der Waals surface area contributed by atoms with Crippen LogP contribution in [0.3, 0.4) is 0 Å². The van der Waals surface area contributed by atoms with Crippen LogP contribution >= 0.6 is 0 Å². The van der Waals surface area contributed by atoms with Crippen LogP contribution in [-0.2, 0) is 14.6 Å². The van der Waals surface area contributed by atoms with E-state index < -0.39 is 15.6 Å². The molecule has 0 aromatic rings. The highest BCUT2D eigenvalue weighted by atomic mass is 32.2.